The molecule has 0 spiro atoms. The molecule has 0 bridgehead atoms. The Morgan fingerprint density at radius 2 is 2.19 bits per heavy atom. The van der Waals surface area contributed by atoms with Crippen molar-refractivity contribution in [1.29, 1.82) is 0 Å². The Morgan fingerprint density at radius 1 is 1.44 bits per heavy atom. The van der Waals surface area contributed by atoms with Crippen molar-refractivity contribution >= 4 is 33.6 Å². The molecule has 3 N–H and O–H groups in total. The molecule has 2 rings (SSSR count). The van der Waals surface area contributed by atoms with Crippen molar-refractivity contribution in [1.82, 2.24) is 10.2 Å². The quantitative estimate of drug-likeness (QED) is 0.887. The molecule has 2 aromatic rings. The van der Waals surface area contributed by atoms with Gasteiger partial charge in [-0.05, 0) is 40.5 Å². The molecule has 1 aromatic carbocycles. The second-order valence-corrected chi connectivity index (χ2v) is 4.01. The molecule has 0 atom stereocenters. The fraction of sp³-hybridized carbons (Fsp3) is 0.111. The zero-order valence-electron chi connectivity index (χ0n) is 8.29. The highest BCUT2D eigenvalue weighted by Gasteiger charge is 2.08. The van der Waals surface area contributed by atoms with E-state index < -0.39 is 0 Å². The van der Waals surface area contributed by atoms with E-state index in [4.69, 9.17) is 10.2 Å². The van der Waals surface area contributed by atoms with Gasteiger partial charge in [-0.2, -0.15) is 0 Å². The number of hydrogen-bond donors (Lipinski definition) is 2. The molecule has 0 aliphatic carbocycles. The van der Waals surface area contributed by atoms with Crippen molar-refractivity contribution in [2.24, 2.45) is 0 Å². The number of halogens is 2. The van der Waals surface area contributed by atoms with Gasteiger partial charge < -0.3 is 15.5 Å². The maximum absolute atomic E-state index is 13.2. The highest BCUT2D eigenvalue weighted by molar-refractivity contribution is 9.10. The minimum absolute atomic E-state index is 0.0265. The summed E-state index contributed by atoms with van der Waals surface area (Å²) in [5.41, 5.74) is 6.66. The van der Waals surface area contributed by atoms with E-state index in [1.165, 1.54) is 6.07 Å². The molecule has 0 saturated heterocycles. The van der Waals surface area contributed by atoms with Crippen LogP contribution in [0.3, 0.4) is 0 Å². The Bertz CT molecular complexity index is 528. The molecule has 0 saturated carbocycles. The van der Waals surface area contributed by atoms with Gasteiger partial charge in [-0.1, -0.05) is 10.2 Å². The summed E-state index contributed by atoms with van der Waals surface area (Å²) in [6, 6.07) is 3.12. The Hall–Kier alpha value is -1.63. The number of rotatable bonds is 2. The number of nitrogen functional groups attached to an aromatic ring is 1. The van der Waals surface area contributed by atoms with Crippen LogP contribution in [0, 0.1) is 12.7 Å². The first kappa shape index (κ1) is 10.9. The molecule has 0 radical (unpaired) electrons. The predicted octanol–water partition coefficient (Wildman–Crippen LogP) is 2.61. The zero-order chi connectivity index (χ0) is 11.7. The summed E-state index contributed by atoms with van der Waals surface area (Å²) in [5.74, 6) is -0.326. The number of benzene rings is 1. The summed E-state index contributed by atoms with van der Waals surface area (Å²) >= 11 is 3.09. The maximum atomic E-state index is 13.2. The zero-order valence-corrected chi connectivity index (χ0v) is 9.88. The second-order valence-electron chi connectivity index (χ2n) is 3.15. The van der Waals surface area contributed by atoms with Crippen LogP contribution < -0.4 is 11.1 Å². The fourth-order valence-electron chi connectivity index (χ4n) is 1.18. The maximum Gasteiger partial charge on any atom is 0.321 e. The van der Waals surface area contributed by atoms with Gasteiger partial charge in [-0.3, -0.25) is 0 Å². The molecule has 84 valence electrons. The Kier molecular flexibility index (Phi) is 2.78. The van der Waals surface area contributed by atoms with Crippen molar-refractivity contribution in [2.75, 3.05) is 11.1 Å². The van der Waals surface area contributed by atoms with Crippen LogP contribution in [0.2, 0.25) is 0 Å². The van der Waals surface area contributed by atoms with Crippen molar-refractivity contribution in [3.8, 4) is 0 Å². The van der Waals surface area contributed by atoms with Gasteiger partial charge in [-0.15, -0.1) is 0 Å². The first-order chi connectivity index (χ1) is 7.56. The number of nitrogens with zero attached hydrogens (tertiary/aromatic N) is 2. The van der Waals surface area contributed by atoms with E-state index in [-0.39, 0.29) is 17.8 Å². The van der Waals surface area contributed by atoms with Crippen LogP contribution in [0.5, 0.6) is 0 Å². The minimum Gasteiger partial charge on any atom is -0.389 e. The van der Waals surface area contributed by atoms with Crippen LogP contribution in [-0.4, -0.2) is 10.2 Å². The average molecular weight is 287 g/mol. The van der Waals surface area contributed by atoms with E-state index in [9.17, 15) is 4.39 Å². The summed E-state index contributed by atoms with van der Waals surface area (Å²) in [6.07, 6.45) is 0. The third kappa shape index (κ3) is 2.13. The van der Waals surface area contributed by atoms with E-state index in [0.717, 1.165) is 5.56 Å². The lowest BCUT2D eigenvalue weighted by Crippen LogP contribution is -1.95. The van der Waals surface area contributed by atoms with Gasteiger partial charge in [0.05, 0.1) is 4.47 Å². The molecule has 0 aliphatic heterocycles. The number of aryl methyl sites for hydroxylation is 1. The van der Waals surface area contributed by atoms with Crippen molar-refractivity contribution in [3.05, 3.63) is 28.0 Å². The van der Waals surface area contributed by atoms with E-state index in [1.807, 2.05) is 0 Å². The Labute approximate surface area is 99.0 Å². The Balaban J connectivity index is 2.31. The molecule has 5 nitrogen and oxygen atoms in total. The van der Waals surface area contributed by atoms with Crippen LogP contribution in [0.15, 0.2) is 21.0 Å². The van der Waals surface area contributed by atoms with E-state index in [1.54, 1.807) is 13.0 Å². The molecule has 0 aliphatic rings. The van der Waals surface area contributed by atoms with Gasteiger partial charge in [0.15, 0.2) is 0 Å². The number of aromatic nitrogens is 2. The van der Waals surface area contributed by atoms with Gasteiger partial charge in [0, 0.05) is 5.69 Å². The number of anilines is 3. The van der Waals surface area contributed by atoms with Crippen LogP contribution >= 0.6 is 15.9 Å². The van der Waals surface area contributed by atoms with Crippen molar-refractivity contribution < 1.29 is 8.81 Å². The third-order valence-electron chi connectivity index (χ3n) is 1.95. The third-order valence-corrected chi connectivity index (χ3v) is 2.56. The smallest absolute Gasteiger partial charge is 0.321 e. The highest BCUT2D eigenvalue weighted by Crippen LogP contribution is 2.26. The largest absolute Gasteiger partial charge is 0.389 e. The van der Waals surface area contributed by atoms with Crippen LogP contribution in [0.25, 0.3) is 0 Å². The lowest BCUT2D eigenvalue weighted by molar-refractivity contribution is 0.592. The van der Waals surface area contributed by atoms with Gasteiger partial charge >= 0.3 is 12.0 Å². The molecular formula is C9H8BrFN4O. The van der Waals surface area contributed by atoms with Crippen LogP contribution in [0.4, 0.5) is 22.1 Å². The fourth-order valence-corrected chi connectivity index (χ4v) is 1.52. The number of hydrogen-bond acceptors (Lipinski definition) is 5. The summed E-state index contributed by atoms with van der Waals surface area (Å²) in [6.45, 7) is 1.76. The standard InChI is InChI=1S/C9H8BrFN4O/c1-4-2-6(11)5(10)3-7(4)13-9-15-14-8(12)16-9/h2-3H,1H3,(H2,12,14)(H,13,15). The molecule has 0 amide bonds. The van der Waals surface area contributed by atoms with Crippen LogP contribution in [-0.2, 0) is 0 Å². The topological polar surface area (TPSA) is 77.0 Å². The number of nitrogens with two attached hydrogens (primary N) is 1. The molecule has 0 fully saturated rings. The first-order valence-electron chi connectivity index (χ1n) is 4.38. The molecule has 16 heavy (non-hydrogen) atoms. The predicted molar refractivity (Wildman–Crippen MR) is 60.8 cm³/mol. The lowest BCUT2D eigenvalue weighted by Gasteiger charge is -2.06. The number of nitrogens with one attached hydrogen (secondary N) is 1. The molecular weight excluding hydrogens is 279 g/mol. The molecule has 1 heterocycles. The lowest BCUT2D eigenvalue weighted by atomic mass is 10.2. The van der Waals surface area contributed by atoms with Gasteiger partial charge in [0.25, 0.3) is 0 Å². The van der Waals surface area contributed by atoms with Crippen molar-refractivity contribution in [3.63, 3.8) is 0 Å². The monoisotopic (exact) mass is 286 g/mol. The summed E-state index contributed by atoms with van der Waals surface area (Å²) < 4.78 is 18.5. The summed E-state index contributed by atoms with van der Waals surface area (Å²) in [5, 5.41) is 9.98. The molecule has 0 unspecified atom stereocenters. The van der Waals surface area contributed by atoms with Gasteiger partial charge in [-0.25, -0.2) is 4.39 Å². The summed E-state index contributed by atoms with van der Waals surface area (Å²) in [4.78, 5) is 0. The Morgan fingerprint density at radius 3 is 2.81 bits per heavy atom. The molecule has 7 heteroatoms. The molecule has 1 aromatic heterocycles. The van der Waals surface area contributed by atoms with Gasteiger partial charge in [0.2, 0.25) is 0 Å². The SMILES string of the molecule is Cc1cc(F)c(Br)cc1Nc1nnc(N)o1. The van der Waals surface area contributed by atoms with Crippen molar-refractivity contribution in [2.45, 2.75) is 6.92 Å². The summed E-state index contributed by atoms with van der Waals surface area (Å²) in [7, 11) is 0. The average Bonchev–Trinajstić information content (AvgIpc) is 2.60. The normalized spacial score (nSPS) is 10.4. The first-order valence-corrected chi connectivity index (χ1v) is 5.17. The van der Waals surface area contributed by atoms with E-state index in [0.29, 0.717) is 10.2 Å². The van der Waals surface area contributed by atoms with Crippen LogP contribution in [0.1, 0.15) is 5.56 Å². The van der Waals surface area contributed by atoms with Gasteiger partial charge in [0.1, 0.15) is 5.82 Å². The van der Waals surface area contributed by atoms with E-state index >= 15 is 0 Å². The second kappa shape index (κ2) is 4.09. The highest BCUT2D eigenvalue weighted by atomic mass is 79.9. The minimum atomic E-state index is -0.326. The van der Waals surface area contributed by atoms with E-state index in [2.05, 4.69) is 31.4 Å².